The number of aryl methyl sites for hydroxylation is 1. The van der Waals surface area contributed by atoms with Crippen LogP contribution in [0.15, 0.2) is 41.6 Å². The van der Waals surface area contributed by atoms with Gasteiger partial charge in [0.15, 0.2) is 0 Å². The number of nitrogens with one attached hydrogen (secondary N) is 2. The summed E-state index contributed by atoms with van der Waals surface area (Å²) >= 11 is 0. The van der Waals surface area contributed by atoms with Gasteiger partial charge in [0.2, 0.25) is 5.95 Å². The molecule has 6 rings (SSSR count). The topological polar surface area (TPSA) is 140 Å². The summed E-state index contributed by atoms with van der Waals surface area (Å²) in [6.07, 6.45) is -1.46. The molecule has 0 spiro atoms. The Kier molecular flexibility index (Phi) is 7.96. The maximum absolute atomic E-state index is 14.1. The molecule has 0 bridgehead atoms. The fourth-order valence-electron chi connectivity index (χ4n) is 5.35. The molecule has 2 N–H and O–H groups in total. The van der Waals surface area contributed by atoms with Crippen LogP contribution in [0.3, 0.4) is 0 Å². The lowest BCUT2D eigenvalue weighted by Gasteiger charge is -2.31. The van der Waals surface area contributed by atoms with Gasteiger partial charge in [-0.1, -0.05) is 5.10 Å². The van der Waals surface area contributed by atoms with Crippen LogP contribution in [0.4, 0.5) is 30.5 Å². The fraction of sp³-hybridized carbons (Fsp3) is 0.393. The Hall–Kier alpha value is -4.90. The molecule has 1 saturated heterocycles. The number of anilines is 3. The van der Waals surface area contributed by atoms with Gasteiger partial charge in [-0.25, -0.2) is 14.6 Å². The Balaban J connectivity index is 1.39. The van der Waals surface area contributed by atoms with Crippen molar-refractivity contribution in [3.63, 3.8) is 0 Å². The zero-order chi connectivity index (χ0) is 31.9. The highest BCUT2D eigenvalue weighted by atomic mass is 19.4. The predicted octanol–water partition coefficient (Wildman–Crippen LogP) is 2.21. The highest BCUT2D eigenvalue weighted by Crippen LogP contribution is 2.39. The molecule has 14 nitrogen and oxygen atoms in total. The quantitative estimate of drug-likeness (QED) is 0.263. The lowest BCUT2D eigenvalue weighted by Crippen LogP contribution is -2.44. The number of nitrogens with zero attached hydrogens (tertiary/aromatic N) is 11. The van der Waals surface area contributed by atoms with Gasteiger partial charge >= 0.3 is 6.18 Å². The number of piperazine rings is 1. The Labute approximate surface area is 255 Å². The number of likely N-dealkylation sites (N-methyl/N-ethyl adjacent to an activating group) is 1. The number of rotatable bonds is 8. The predicted molar refractivity (Wildman–Crippen MR) is 162 cm³/mol. The summed E-state index contributed by atoms with van der Waals surface area (Å²) in [5, 5.41) is 18.2. The van der Waals surface area contributed by atoms with E-state index in [0.29, 0.717) is 73.2 Å². The van der Waals surface area contributed by atoms with Gasteiger partial charge in [0.25, 0.3) is 11.5 Å². The Morgan fingerprint density at radius 3 is 2.58 bits per heavy atom. The second kappa shape index (κ2) is 11.9. The van der Waals surface area contributed by atoms with E-state index in [1.165, 1.54) is 15.3 Å². The zero-order valence-corrected chi connectivity index (χ0v) is 25.2. The van der Waals surface area contributed by atoms with E-state index in [-0.39, 0.29) is 22.9 Å². The summed E-state index contributed by atoms with van der Waals surface area (Å²) in [7, 11) is 5.48. The first-order chi connectivity index (χ1) is 21.5. The molecule has 1 aromatic carbocycles. The van der Waals surface area contributed by atoms with E-state index >= 15 is 0 Å². The minimum absolute atomic E-state index is 0.0616. The van der Waals surface area contributed by atoms with Gasteiger partial charge < -0.3 is 20.4 Å². The average Bonchev–Trinajstić information content (AvgIpc) is 3.60. The third-order valence-electron chi connectivity index (χ3n) is 7.69. The molecule has 1 fully saturated rings. The first-order valence-electron chi connectivity index (χ1n) is 14.3. The van der Waals surface area contributed by atoms with E-state index in [1.807, 2.05) is 25.9 Å². The maximum atomic E-state index is 14.1. The van der Waals surface area contributed by atoms with Crippen LogP contribution in [-0.2, 0) is 19.8 Å². The van der Waals surface area contributed by atoms with E-state index in [9.17, 15) is 18.0 Å². The van der Waals surface area contributed by atoms with Gasteiger partial charge in [0, 0.05) is 69.3 Å². The maximum Gasteiger partial charge on any atom is 0.418 e. The van der Waals surface area contributed by atoms with Crippen LogP contribution in [0.1, 0.15) is 11.3 Å². The third kappa shape index (κ3) is 5.95. The van der Waals surface area contributed by atoms with Crippen molar-refractivity contribution < 1.29 is 13.2 Å². The summed E-state index contributed by atoms with van der Waals surface area (Å²) in [6.45, 7) is 4.83. The van der Waals surface area contributed by atoms with Crippen LogP contribution in [-0.4, -0.2) is 96.0 Å². The second-order valence-corrected chi connectivity index (χ2v) is 11.0. The smallest absolute Gasteiger partial charge is 0.368 e. The van der Waals surface area contributed by atoms with Gasteiger partial charge in [0.05, 0.1) is 22.5 Å². The molecule has 4 aromatic heterocycles. The fourth-order valence-corrected chi connectivity index (χ4v) is 5.35. The van der Waals surface area contributed by atoms with Crippen LogP contribution in [0.2, 0.25) is 0 Å². The summed E-state index contributed by atoms with van der Waals surface area (Å²) in [6, 6.07) is 5.79. The highest BCUT2D eigenvalue weighted by Gasteiger charge is 2.35. The summed E-state index contributed by atoms with van der Waals surface area (Å²) < 4.78 is 47.1. The molecule has 5 heterocycles. The SMILES string of the molecule is Cc1c(-c2cc3cnc(Nc4ccc(N5CCNCC5)c(C(F)(F)F)c4)nc3n(CCN(C)C)c2=O)ncn1-c1nnnn1C. The second-order valence-electron chi connectivity index (χ2n) is 11.0. The lowest BCUT2D eigenvalue weighted by molar-refractivity contribution is -0.137. The van der Waals surface area contributed by atoms with Crippen molar-refractivity contribution in [1.29, 1.82) is 0 Å². The normalized spacial score (nSPS) is 14.1. The largest absolute Gasteiger partial charge is 0.418 e. The van der Waals surface area contributed by atoms with Crippen molar-refractivity contribution in [3.05, 3.63) is 58.4 Å². The number of halogens is 3. The molecule has 0 saturated carbocycles. The molecule has 17 heteroatoms. The van der Waals surface area contributed by atoms with Gasteiger partial charge in [-0.15, -0.1) is 0 Å². The third-order valence-corrected chi connectivity index (χ3v) is 7.69. The molecule has 0 atom stereocenters. The Bertz CT molecular complexity index is 1900. The van der Waals surface area contributed by atoms with Crippen LogP contribution in [0.25, 0.3) is 28.2 Å². The molecule has 236 valence electrons. The van der Waals surface area contributed by atoms with E-state index in [0.717, 1.165) is 6.07 Å². The van der Waals surface area contributed by atoms with E-state index in [4.69, 9.17) is 0 Å². The Morgan fingerprint density at radius 2 is 1.89 bits per heavy atom. The first kappa shape index (κ1) is 30.1. The molecular weight excluding hydrogens is 591 g/mol. The number of hydrogen-bond donors (Lipinski definition) is 2. The summed E-state index contributed by atoms with van der Waals surface area (Å²) in [5.74, 6) is 0.500. The summed E-state index contributed by atoms with van der Waals surface area (Å²) in [5.41, 5.74) is 1.04. The van der Waals surface area contributed by atoms with E-state index < -0.39 is 11.7 Å². The van der Waals surface area contributed by atoms with Crippen molar-refractivity contribution in [2.45, 2.75) is 19.6 Å². The van der Waals surface area contributed by atoms with Gasteiger partial charge in [-0.2, -0.15) is 18.2 Å². The average molecular weight is 624 g/mol. The van der Waals surface area contributed by atoms with Crippen LogP contribution < -0.4 is 21.1 Å². The molecule has 0 unspecified atom stereocenters. The number of hydrogen-bond acceptors (Lipinski definition) is 11. The van der Waals surface area contributed by atoms with Gasteiger partial charge in [-0.3, -0.25) is 13.9 Å². The number of aromatic nitrogens is 9. The summed E-state index contributed by atoms with van der Waals surface area (Å²) in [4.78, 5) is 31.1. The highest BCUT2D eigenvalue weighted by molar-refractivity contribution is 5.81. The molecule has 45 heavy (non-hydrogen) atoms. The monoisotopic (exact) mass is 623 g/mol. The molecule has 0 aliphatic carbocycles. The standard InChI is InChI=1S/C28H32F3N13O/c1-17-23(34-16-44(17)27-37-38-39-41(27)4)20-13-18-15-33-26(36-24(18)43(25(20)45)12-11-40(2)3)35-19-5-6-22(21(14-19)28(29,30)31)42-9-7-32-8-10-42/h5-6,13-16,32H,7-12H2,1-4H3,(H,33,35,36). The number of fused-ring (bicyclic) bond motifs is 1. The van der Waals surface area contributed by atoms with Crippen molar-refractivity contribution in [2.24, 2.45) is 7.05 Å². The molecule has 1 aliphatic heterocycles. The molecule has 0 amide bonds. The minimum atomic E-state index is -4.56. The number of benzene rings is 1. The van der Waals surface area contributed by atoms with Gasteiger partial charge in [0.1, 0.15) is 12.0 Å². The molecular formula is C28H32F3N13O. The minimum Gasteiger partial charge on any atom is -0.368 e. The van der Waals surface area contributed by atoms with Crippen molar-refractivity contribution in [3.8, 4) is 17.2 Å². The Morgan fingerprint density at radius 1 is 1.11 bits per heavy atom. The number of tetrazole rings is 1. The molecule has 0 radical (unpaired) electrons. The van der Waals surface area contributed by atoms with Crippen molar-refractivity contribution in [2.75, 3.05) is 57.0 Å². The zero-order valence-electron chi connectivity index (χ0n) is 25.2. The number of alkyl halides is 3. The van der Waals surface area contributed by atoms with Crippen molar-refractivity contribution >= 4 is 28.4 Å². The van der Waals surface area contributed by atoms with Crippen LogP contribution in [0.5, 0.6) is 0 Å². The number of imidazole rings is 1. The molecule has 5 aromatic rings. The lowest BCUT2D eigenvalue weighted by atomic mass is 10.1. The number of pyridine rings is 1. The van der Waals surface area contributed by atoms with E-state index in [1.54, 1.807) is 41.2 Å². The first-order valence-corrected chi connectivity index (χ1v) is 14.3. The van der Waals surface area contributed by atoms with Crippen LogP contribution >= 0.6 is 0 Å². The molecule has 1 aliphatic rings. The van der Waals surface area contributed by atoms with Crippen LogP contribution in [0, 0.1) is 6.92 Å². The van der Waals surface area contributed by atoms with Crippen molar-refractivity contribution in [1.82, 2.24) is 54.5 Å². The van der Waals surface area contributed by atoms with E-state index in [2.05, 4.69) is 41.1 Å². The van der Waals surface area contributed by atoms with Gasteiger partial charge in [-0.05, 0) is 55.7 Å².